The average molecular weight is 275 g/mol. The summed E-state index contributed by atoms with van der Waals surface area (Å²) in [6.07, 6.45) is 0. The van der Waals surface area contributed by atoms with Crippen molar-refractivity contribution < 1.29 is 9.18 Å². The summed E-state index contributed by atoms with van der Waals surface area (Å²) in [7, 11) is 3.34. The van der Waals surface area contributed by atoms with Crippen LogP contribution in [0.15, 0.2) is 22.7 Å². The van der Waals surface area contributed by atoms with Crippen molar-refractivity contribution in [2.24, 2.45) is 0 Å². The molecule has 0 radical (unpaired) electrons. The van der Waals surface area contributed by atoms with Crippen molar-refractivity contribution in [1.82, 2.24) is 4.90 Å². The first kappa shape index (κ1) is 12.0. The van der Waals surface area contributed by atoms with E-state index in [0.717, 1.165) is 4.47 Å². The zero-order valence-electron chi connectivity index (χ0n) is 8.55. The molecule has 82 valence electrons. The van der Waals surface area contributed by atoms with Crippen LogP contribution in [0, 0.1) is 5.82 Å². The zero-order valence-corrected chi connectivity index (χ0v) is 10.1. The van der Waals surface area contributed by atoms with E-state index in [-0.39, 0.29) is 18.3 Å². The standard InChI is InChI=1S/C10H12BrFN2O/c1-14(2)10(15)6-13-9-5-7(12)3-4-8(9)11/h3-5,13H,6H2,1-2H3. The highest BCUT2D eigenvalue weighted by Crippen LogP contribution is 2.22. The maximum atomic E-state index is 12.9. The van der Waals surface area contributed by atoms with Gasteiger partial charge in [-0.3, -0.25) is 4.79 Å². The van der Waals surface area contributed by atoms with E-state index in [0.29, 0.717) is 5.69 Å². The normalized spacial score (nSPS) is 9.87. The predicted octanol–water partition coefficient (Wildman–Crippen LogP) is 2.09. The van der Waals surface area contributed by atoms with Crippen LogP contribution in [0.25, 0.3) is 0 Å². The fraction of sp³-hybridized carbons (Fsp3) is 0.300. The average Bonchev–Trinajstić information content (AvgIpc) is 2.18. The Morgan fingerprint density at radius 3 is 2.80 bits per heavy atom. The number of nitrogens with one attached hydrogen (secondary N) is 1. The maximum absolute atomic E-state index is 12.9. The lowest BCUT2D eigenvalue weighted by atomic mass is 10.3. The molecular formula is C10H12BrFN2O. The van der Waals surface area contributed by atoms with Gasteiger partial charge in [0.05, 0.1) is 12.2 Å². The molecule has 0 aliphatic carbocycles. The van der Waals surface area contributed by atoms with Crippen molar-refractivity contribution >= 4 is 27.5 Å². The number of amides is 1. The molecule has 1 rings (SSSR count). The van der Waals surface area contributed by atoms with E-state index in [1.165, 1.54) is 17.0 Å². The highest BCUT2D eigenvalue weighted by molar-refractivity contribution is 9.10. The van der Waals surface area contributed by atoms with Gasteiger partial charge in [0.1, 0.15) is 5.82 Å². The van der Waals surface area contributed by atoms with Gasteiger partial charge in [0.25, 0.3) is 0 Å². The van der Waals surface area contributed by atoms with Crippen LogP contribution in [0.3, 0.4) is 0 Å². The van der Waals surface area contributed by atoms with E-state index < -0.39 is 0 Å². The molecule has 0 saturated heterocycles. The highest BCUT2D eigenvalue weighted by Gasteiger charge is 2.05. The van der Waals surface area contributed by atoms with E-state index in [2.05, 4.69) is 21.2 Å². The number of hydrogen-bond acceptors (Lipinski definition) is 2. The van der Waals surface area contributed by atoms with E-state index in [9.17, 15) is 9.18 Å². The molecule has 0 unspecified atom stereocenters. The number of carbonyl (C=O) groups excluding carboxylic acids is 1. The van der Waals surface area contributed by atoms with Crippen molar-refractivity contribution in [2.45, 2.75) is 0 Å². The Morgan fingerprint density at radius 2 is 2.20 bits per heavy atom. The fourth-order valence-electron chi connectivity index (χ4n) is 0.962. The number of carbonyl (C=O) groups is 1. The van der Waals surface area contributed by atoms with Gasteiger partial charge in [-0.1, -0.05) is 0 Å². The summed E-state index contributed by atoms with van der Waals surface area (Å²) in [6, 6.07) is 4.29. The Labute approximate surface area is 96.4 Å². The molecule has 0 saturated carbocycles. The first-order chi connectivity index (χ1) is 7.00. The predicted molar refractivity (Wildman–Crippen MR) is 61.3 cm³/mol. The Kier molecular flexibility index (Phi) is 4.08. The molecule has 0 atom stereocenters. The summed E-state index contributed by atoms with van der Waals surface area (Å²) in [5.41, 5.74) is 0.574. The van der Waals surface area contributed by atoms with Crippen LogP contribution in [-0.4, -0.2) is 31.4 Å². The molecule has 0 aliphatic rings. The van der Waals surface area contributed by atoms with Gasteiger partial charge in [-0.25, -0.2) is 4.39 Å². The molecule has 5 heteroatoms. The van der Waals surface area contributed by atoms with Crippen molar-refractivity contribution in [3.05, 3.63) is 28.5 Å². The molecule has 1 aromatic rings. The number of likely N-dealkylation sites (N-methyl/N-ethyl adjacent to an activating group) is 1. The molecule has 0 heterocycles. The molecule has 0 aliphatic heterocycles. The lowest BCUT2D eigenvalue weighted by Crippen LogP contribution is -2.28. The Balaban J connectivity index is 2.65. The SMILES string of the molecule is CN(C)C(=O)CNc1cc(F)ccc1Br. The fourth-order valence-corrected chi connectivity index (χ4v) is 1.35. The minimum absolute atomic E-state index is 0.0637. The molecule has 0 spiro atoms. The number of anilines is 1. The number of hydrogen-bond donors (Lipinski definition) is 1. The molecule has 0 bridgehead atoms. The van der Waals surface area contributed by atoms with E-state index in [1.54, 1.807) is 20.2 Å². The molecule has 0 fully saturated rings. The third-order valence-corrected chi connectivity index (χ3v) is 2.55. The van der Waals surface area contributed by atoms with E-state index >= 15 is 0 Å². The molecule has 0 aromatic heterocycles. The Morgan fingerprint density at radius 1 is 1.53 bits per heavy atom. The van der Waals surface area contributed by atoms with E-state index in [4.69, 9.17) is 0 Å². The summed E-state index contributed by atoms with van der Waals surface area (Å²) in [6.45, 7) is 0.148. The highest BCUT2D eigenvalue weighted by atomic mass is 79.9. The summed E-state index contributed by atoms with van der Waals surface area (Å²) >= 11 is 3.26. The monoisotopic (exact) mass is 274 g/mol. The third kappa shape index (κ3) is 3.51. The molecular weight excluding hydrogens is 263 g/mol. The molecule has 15 heavy (non-hydrogen) atoms. The van der Waals surface area contributed by atoms with Gasteiger partial charge in [-0.2, -0.15) is 0 Å². The van der Waals surface area contributed by atoms with E-state index in [1.807, 2.05) is 0 Å². The van der Waals surface area contributed by atoms with Gasteiger partial charge < -0.3 is 10.2 Å². The number of nitrogens with zero attached hydrogens (tertiary/aromatic N) is 1. The summed E-state index contributed by atoms with van der Waals surface area (Å²) in [4.78, 5) is 12.7. The van der Waals surface area contributed by atoms with Gasteiger partial charge in [-0.15, -0.1) is 0 Å². The van der Waals surface area contributed by atoms with Crippen LogP contribution in [0.5, 0.6) is 0 Å². The summed E-state index contributed by atoms with van der Waals surface area (Å²) in [5.74, 6) is -0.399. The minimum atomic E-state index is -0.335. The lowest BCUT2D eigenvalue weighted by Gasteiger charge is -2.12. The van der Waals surface area contributed by atoms with Crippen molar-refractivity contribution in [3.63, 3.8) is 0 Å². The largest absolute Gasteiger partial charge is 0.375 e. The van der Waals surface area contributed by atoms with Crippen molar-refractivity contribution in [2.75, 3.05) is 26.0 Å². The first-order valence-electron chi connectivity index (χ1n) is 4.40. The molecule has 1 aromatic carbocycles. The van der Waals surface area contributed by atoms with Gasteiger partial charge in [0, 0.05) is 18.6 Å². The number of benzene rings is 1. The topological polar surface area (TPSA) is 32.3 Å². The maximum Gasteiger partial charge on any atom is 0.241 e. The summed E-state index contributed by atoms with van der Waals surface area (Å²) < 4.78 is 13.6. The minimum Gasteiger partial charge on any atom is -0.375 e. The van der Waals surface area contributed by atoms with Crippen LogP contribution in [-0.2, 0) is 4.79 Å². The second-order valence-corrected chi connectivity index (χ2v) is 4.12. The van der Waals surface area contributed by atoms with Crippen LogP contribution < -0.4 is 5.32 Å². The van der Waals surface area contributed by atoms with Gasteiger partial charge in [-0.05, 0) is 34.1 Å². The van der Waals surface area contributed by atoms with Crippen LogP contribution >= 0.6 is 15.9 Å². The van der Waals surface area contributed by atoms with Gasteiger partial charge in [0.15, 0.2) is 0 Å². The molecule has 3 nitrogen and oxygen atoms in total. The Hall–Kier alpha value is -1.10. The van der Waals surface area contributed by atoms with Gasteiger partial charge >= 0.3 is 0 Å². The zero-order chi connectivity index (χ0) is 11.4. The Bertz CT molecular complexity index is 368. The number of rotatable bonds is 3. The second kappa shape index (κ2) is 5.11. The third-order valence-electron chi connectivity index (χ3n) is 1.86. The smallest absolute Gasteiger partial charge is 0.241 e. The molecule has 1 N–H and O–H groups in total. The quantitative estimate of drug-likeness (QED) is 0.916. The van der Waals surface area contributed by atoms with Crippen LogP contribution in [0.2, 0.25) is 0 Å². The van der Waals surface area contributed by atoms with Gasteiger partial charge in [0.2, 0.25) is 5.91 Å². The molecule has 1 amide bonds. The van der Waals surface area contributed by atoms with Crippen LogP contribution in [0.4, 0.5) is 10.1 Å². The second-order valence-electron chi connectivity index (χ2n) is 3.27. The summed E-state index contributed by atoms with van der Waals surface area (Å²) in [5, 5.41) is 2.86. The van der Waals surface area contributed by atoms with Crippen molar-refractivity contribution in [3.8, 4) is 0 Å². The lowest BCUT2D eigenvalue weighted by molar-refractivity contribution is -0.126. The number of halogens is 2. The van der Waals surface area contributed by atoms with Crippen LogP contribution in [0.1, 0.15) is 0 Å². The van der Waals surface area contributed by atoms with Crippen molar-refractivity contribution in [1.29, 1.82) is 0 Å². The first-order valence-corrected chi connectivity index (χ1v) is 5.19.